The molecule has 0 radical (unpaired) electrons. The summed E-state index contributed by atoms with van der Waals surface area (Å²) < 4.78 is 0. The summed E-state index contributed by atoms with van der Waals surface area (Å²) in [5, 5.41) is 9.00. The van der Waals surface area contributed by atoms with E-state index in [-0.39, 0.29) is 0 Å². The van der Waals surface area contributed by atoms with Crippen LogP contribution in [0.1, 0.15) is 39.5 Å². The van der Waals surface area contributed by atoms with E-state index in [2.05, 4.69) is 28.0 Å². The summed E-state index contributed by atoms with van der Waals surface area (Å²) in [5.74, 6) is 2.44. The Bertz CT molecular complexity index is 451. The van der Waals surface area contributed by atoms with Gasteiger partial charge in [0.05, 0.1) is 0 Å². The third-order valence-electron chi connectivity index (χ3n) is 5.08. The van der Waals surface area contributed by atoms with Gasteiger partial charge in [-0.2, -0.15) is 0 Å². The first-order valence-electron chi connectivity index (χ1n) is 8.36. The van der Waals surface area contributed by atoms with Crippen molar-refractivity contribution in [3.63, 3.8) is 0 Å². The van der Waals surface area contributed by atoms with Gasteiger partial charge in [0.1, 0.15) is 0 Å². The van der Waals surface area contributed by atoms with Gasteiger partial charge < -0.3 is 4.90 Å². The molecule has 2 fully saturated rings. The third kappa shape index (κ3) is 3.78. The van der Waals surface area contributed by atoms with Crippen molar-refractivity contribution >= 4 is 12.4 Å². The van der Waals surface area contributed by atoms with Gasteiger partial charge in [-0.1, -0.05) is 39.3 Å². The minimum absolute atomic E-state index is 0.323. The minimum atomic E-state index is 0.323. The van der Waals surface area contributed by atoms with E-state index in [0.29, 0.717) is 12.1 Å². The lowest BCUT2D eigenvalue weighted by Gasteiger charge is -2.45. The van der Waals surface area contributed by atoms with Crippen molar-refractivity contribution in [2.24, 2.45) is 5.41 Å². The Balaban J connectivity index is 0.000000774. The van der Waals surface area contributed by atoms with Crippen molar-refractivity contribution in [2.75, 3.05) is 18.0 Å². The molecule has 0 atom stereocenters. The first kappa shape index (κ1) is 15.9. The molecule has 1 aromatic rings. The van der Waals surface area contributed by atoms with Crippen LogP contribution < -0.4 is 4.90 Å². The van der Waals surface area contributed by atoms with Crippen LogP contribution in [0.5, 0.6) is 0 Å². The lowest BCUT2D eigenvalue weighted by atomic mass is 9.39. The molecule has 2 aliphatic heterocycles. The largest absolute Gasteiger partial charge is 0.371 e. The maximum Gasteiger partial charge on any atom is 0.267 e. The molecule has 0 amide bonds. The molecule has 2 aliphatic rings. The van der Waals surface area contributed by atoms with Crippen LogP contribution in [-0.4, -0.2) is 24.8 Å². The average molecular weight is 283 g/mol. The molecule has 3 nitrogen and oxygen atoms in total. The van der Waals surface area contributed by atoms with Gasteiger partial charge in [0.25, 0.3) is 6.71 Å². The van der Waals surface area contributed by atoms with Gasteiger partial charge in [0.15, 0.2) is 0 Å². The summed E-state index contributed by atoms with van der Waals surface area (Å²) >= 11 is 0. The molecule has 1 spiro atoms. The minimum Gasteiger partial charge on any atom is -0.371 e. The molecule has 4 heteroatoms. The van der Waals surface area contributed by atoms with Crippen molar-refractivity contribution in [1.29, 1.82) is 5.26 Å². The van der Waals surface area contributed by atoms with Crippen LogP contribution in [0.3, 0.4) is 0 Å². The number of rotatable bonds is 1. The summed E-state index contributed by atoms with van der Waals surface area (Å²) in [6.45, 7) is 6.63. The fourth-order valence-electron chi connectivity index (χ4n) is 3.65. The quantitative estimate of drug-likeness (QED) is 0.730. The molecule has 2 saturated heterocycles. The first-order chi connectivity index (χ1) is 10.3. The van der Waals surface area contributed by atoms with Gasteiger partial charge in [-0.3, -0.25) is 4.98 Å². The second-order valence-electron chi connectivity index (χ2n) is 6.10. The normalized spacial score (nSPS) is 20.4. The second-order valence-corrected chi connectivity index (χ2v) is 6.10. The molecule has 0 aliphatic carbocycles. The molecule has 1 aromatic heterocycles. The molecule has 0 aromatic carbocycles. The van der Waals surface area contributed by atoms with Gasteiger partial charge in [0.2, 0.25) is 0 Å². The predicted molar refractivity (Wildman–Crippen MR) is 89.7 cm³/mol. The smallest absolute Gasteiger partial charge is 0.267 e. The van der Waals surface area contributed by atoms with Gasteiger partial charge in [-0.05, 0) is 30.4 Å². The zero-order chi connectivity index (χ0) is 15.1. The molecule has 0 N–H and O–H groups in total. The number of nitrogens with zero attached hydrogens (tertiary/aromatic N) is 3. The molecule has 3 heterocycles. The highest BCUT2D eigenvalue weighted by atomic mass is 15.1. The molecule has 0 unspecified atom stereocenters. The Hall–Kier alpha value is -1.50. The number of piperidine rings is 1. The Labute approximate surface area is 129 Å². The van der Waals surface area contributed by atoms with E-state index in [4.69, 9.17) is 5.26 Å². The van der Waals surface area contributed by atoms with Crippen LogP contribution in [-0.2, 0) is 0 Å². The van der Waals surface area contributed by atoms with Crippen LogP contribution in [0.25, 0.3) is 0 Å². The van der Waals surface area contributed by atoms with E-state index in [1.54, 1.807) is 0 Å². The first-order valence-corrected chi connectivity index (χ1v) is 8.36. The summed E-state index contributed by atoms with van der Waals surface area (Å²) in [6.07, 6.45) is 11.1. The number of anilines is 1. The monoisotopic (exact) mass is 283 g/mol. The molecule has 112 valence electrons. The van der Waals surface area contributed by atoms with E-state index in [1.807, 2.05) is 26.2 Å². The molecular weight excluding hydrogens is 257 g/mol. The molecular formula is C17H26BN3. The maximum atomic E-state index is 9.00. The van der Waals surface area contributed by atoms with Crippen LogP contribution in [0.4, 0.5) is 5.69 Å². The zero-order valence-electron chi connectivity index (χ0n) is 13.4. The van der Waals surface area contributed by atoms with E-state index >= 15 is 0 Å². The van der Waals surface area contributed by atoms with Crippen LogP contribution >= 0.6 is 0 Å². The van der Waals surface area contributed by atoms with Crippen molar-refractivity contribution in [3.05, 3.63) is 24.5 Å². The highest BCUT2D eigenvalue weighted by molar-refractivity contribution is 6.67. The van der Waals surface area contributed by atoms with E-state index in [0.717, 1.165) is 25.7 Å². The van der Waals surface area contributed by atoms with Crippen molar-refractivity contribution < 1.29 is 0 Å². The molecule has 21 heavy (non-hydrogen) atoms. The topological polar surface area (TPSA) is 39.9 Å². The second kappa shape index (κ2) is 7.50. The van der Waals surface area contributed by atoms with Crippen LogP contribution in [0.15, 0.2) is 24.5 Å². The standard InChI is InChI=1S/C15H20BN3.C2H6/c17-13-16-7-3-15(4-8-16)5-11-19(12-6-15)14-1-9-18-10-2-14;1-2/h1-2,9-10H,3-8,11-12H2;1-2H3. The number of nitriles is 1. The SMILES string of the molecule is CC.N#CB1CCC2(CC1)CCN(c1ccncc1)CC2. The van der Waals surface area contributed by atoms with Gasteiger partial charge in [-0.25, -0.2) is 5.26 Å². The Kier molecular flexibility index (Phi) is 5.67. The average Bonchev–Trinajstić information content (AvgIpc) is 2.59. The zero-order valence-corrected chi connectivity index (χ0v) is 13.4. The molecule has 3 rings (SSSR count). The van der Waals surface area contributed by atoms with Crippen molar-refractivity contribution in [3.8, 4) is 5.97 Å². The van der Waals surface area contributed by atoms with Crippen molar-refractivity contribution in [2.45, 2.75) is 52.2 Å². The lowest BCUT2D eigenvalue weighted by Crippen LogP contribution is -2.42. The lowest BCUT2D eigenvalue weighted by molar-refractivity contribution is 0.191. The summed E-state index contributed by atoms with van der Waals surface area (Å²) in [4.78, 5) is 6.56. The van der Waals surface area contributed by atoms with E-state index in [1.165, 1.54) is 31.4 Å². The van der Waals surface area contributed by atoms with E-state index in [9.17, 15) is 0 Å². The van der Waals surface area contributed by atoms with Crippen LogP contribution in [0, 0.1) is 16.6 Å². The van der Waals surface area contributed by atoms with Gasteiger partial charge in [0, 0.05) is 37.1 Å². The summed E-state index contributed by atoms with van der Waals surface area (Å²) in [7, 11) is 0. The number of hydrogen-bond donors (Lipinski definition) is 0. The van der Waals surface area contributed by atoms with E-state index < -0.39 is 0 Å². The number of aromatic nitrogens is 1. The third-order valence-corrected chi connectivity index (χ3v) is 5.08. The highest BCUT2D eigenvalue weighted by Gasteiger charge is 2.39. The van der Waals surface area contributed by atoms with Crippen LogP contribution in [0.2, 0.25) is 12.6 Å². The molecule has 0 saturated carbocycles. The van der Waals surface area contributed by atoms with Gasteiger partial charge in [-0.15, -0.1) is 0 Å². The van der Waals surface area contributed by atoms with Crippen molar-refractivity contribution in [1.82, 2.24) is 4.98 Å². The predicted octanol–water partition coefficient (Wildman–Crippen LogP) is 4.05. The highest BCUT2D eigenvalue weighted by Crippen LogP contribution is 2.45. The number of pyridine rings is 1. The molecule has 0 bridgehead atoms. The maximum absolute atomic E-state index is 9.00. The van der Waals surface area contributed by atoms with Gasteiger partial charge >= 0.3 is 0 Å². The Morgan fingerprint density at radius 2 is 1.67 bits per heavy atom. The Morgan fingerprint density at radius 3 is 2.19 bits per heavy atom. The fourth-order valence-corrected chi connectivity index (χ4v) is 3.65. The summed E-state index contributed by atoms with van der Waals surface area (Å²) in [6, 6.07) is 4.20. The Morgan fingerprint density at radius 1 is 1.10 bits per heavy atom. The summed E-state index contributed by atoms with van der Waals surface area (Å²) in [5.41, 5.74) is 1.84. The fraction of sp³-hybridized carbons (Fsp3) is 0.647. The number of hydrogen-bond acceptors (Lipinski definition) is 3.